The van der Waals surface area contributed by atoms with Crippen molar-refractivity contribution in [2.45, 2.75) is 45.8 Å². The molecule has 0 atom stereocenters. The van der Waals surface area contributed by atoms with E-state index in [1.807, 2.05) is 36.1 Å². The molecule has 0 unspecified atom stereocenters. The number of nitrogens with one attached hydrogen (secondary N) is 2. The predicted octanol–water partition coefficient (Wildman–Crippen LogP) is 3.40. The van der Waals surface area contributed by atoms with Crippen molar-refractivity contribution in [3.05, 3.63) is 58.9 Å². The molecule has 1 aliphatic heterocycles. The van der Waals surface area contributed by atoms with Crippen LogP contribution in [0.5, 0.6) is 5.75 Å². The van der Waals surface area contributed by atoms with Gasteiger partial charge in [0.1, 0.15) is 11.6 Å². The van der Waals surface area contributed by atoms with Gasteiger partial charge in [-0.3, -0.25) is 0 Å². The van der Waals surface area contributed by atoms with E-state index in [1.165, 1.54) is 5.56 Å². The summed E-state index contributed by atoms with van der Waals surface area (Å²) in [6.07, 6.45) is 1.89. The Morgan fingerprint density at radius 1 is 1.19 bits per heavy atom. The highest BCUT2D eigenvalue weighted by Gasteiger charge is 2.19. The van der Waals surface area contributed by atoms with Gasteiger partial charge >= 0.3 is 0 Å². The Bertz CT molecular complexity index is 911. The van der Waals surface area contributed by atoms with Crippen LogP contribution in [0.4, 0.5) is 10.1 Å². The monoisotopic (exact) mass is 442 g/mol. The van der Waals surface area contributed by atoms with Crippen LogP contribution in [0, 0.1) is 12.7 Å². The average Bonchev–Trinajstić information content (AvgIpc) is 2.78. The van der Waals surface area contributed by atoms with Crippen molar-refractivity contribution in [3.8, 4) is 5.75 Å². The summed E-state index contributed by atoms with van der Waals surface area (Å²) in [7, 11) is 1.69. The Balaban J connectivity index is 1.58. The van der Waals surface area contributed by atoms with Gasteiger partial charge in [-0.2, -0.15) is 0 Å². The first-order chi connectivity index (χ1) is 15.5. The Kier molecular flexibility index (Phi) is 8.73. The predicted molar refractivity (Wildman–Crippen MR) is 128 cm³/mol. The summed E-state index contributed by atoms with van der Waals surface area (Å²) >= 11 is 0. The fraction of sp³-hybridized carbons (Fsp3) is 0.480. The van der Waals surface area contributed by atoms with E-state index in [9.17, 15) is 9.50 Å². The normalized spacial score (nSPS) is 15.0. The minimum atomic E-state index is -0.271. The number of rotatable bonds is 8. The molecule has 1 aliphatic rings. The SMILES string of the molecule is CCNC(=NCc1ccc(N2CCC(O)CC2)c(F)c1)NCCc1cc(C)ccc1OC. The van der Waals surface area contributed by atoms with Crippen LogP contribution in [-0.2, 0) is 13.0 Å². The molecule has 0 spiro atoms. The van der Waals surface area contributed by atoms with Crippen molar-refractivity contribution < 1.29 is 14.2 Å². The molecule has 3 N–H and O–H groups in total. The van der Waals surface area contributed by atoms with Gasteiger partial charge in [0, 0.05) is 26.2 Å². The third-order valence-corrected chi connectivity index (χ3v) is 5.70. The lowest BCUT2D eigenvalue weighted by molar-refractivity contribution is 0.145. The van der Waals surface area contributed by atoms with Gasteiger partial charge in [0.2, 0.25) is 0 Å². The number of anilines is 1. The number of aliphatic imine (C=N–C) groups is 1. The van der Waals surface area contributed by atoms with Crippen LogP contribution < -0.4 is 20.3 Å². The fourth-order valence-electron chi connectivity index (χ4n) is 3.94. The first-order valence-corrected chi connectivity index (χ1v) is 11.4. The van der Waals surface area contributed by atoms with Crippen molar-refractivity contribution in [1.82, 2.24) is 10.6 Å². The minimum Gasteiger partial charge on any atom is -0.496 e. The van der Waals surface area contributed by atoms with Gasteiger partial charge in [-0.05, 0) is 62.4 Å². The van der Waals surface area contributed by atoms with E-state index in [0.29, 0.717) is 50.7 Å². The van der Waals surface area contributed by atoms with Crippen LogP contribution in [0.3, 0.4) is 0 Å². The molecule has 1 heterocycles. The van der Waals surface area contributed by atoms with Crippen molar-refractivity contribution in [1.29, 1.82) is 0 Å². The Hall–Kier alpha value is -2.80. The number of piperidine rings is 1. The minimum absolute atomic E-state index is 0.237. The molecule has 6 nitrogen and oxygen atoms in total. The van der Waals surface area contributed by atoms with Crippen molar-refractivity contribution in [3.63, 3.8) is 0 Å². The lowest BCUT2D eigenvalue weighted by Gasteiger charge is -2.31. The standard InChI is InChI=1S/C25H35FN4O2/c1-4-27-25(28-12-9-20-15-18(2)5-8-24(20)32-3)29-17-19-6-7-23(22(26)16-19)30-13-10-21(31)11-14-30/h5-8,15-16,21,31H,4,9-14,17H2,1-3H3,(H2,27,28,29). The molecule has 7 heteroatoms. The van der Waals surface area contributed by atoms with Crippen LogP contribution in [0.25, 0.3) is 0 Å². The van der Waals surface area contributed by atoms with Crippen LogP contribution in [0.2, 0.25) is 0 Å². The van der Waals surface area contributed by atoms with E-state index in [0.717, 1.165) is 29.8 Å². The number of halogens is 1. The number of aryl methyl sites for hydroxylation is 1. The Morgan fingerprint density at radius 3 is 2.66 bits per heavy atom. The quantitative estimate of drug-likeness (QED) is 0.432. The summed E-state index contributed by atoms with van der Waals surface area (Å²) in [5.41, 5.74) is 3.77. The highest BCUT2D eigenvalue weighted by atomic mass is 19.1. The van der Waals surface area contributed by atoms with Gasteiger partial charge < -0.3 is 25.4 Å². The molecule has 0 bridgehead atoms. The highest BCUT2D eigenvalue weighted by Crippen LogP contribution is 2.24. The van der Waals surface area contributed by atoms with Gasteiger partial charge in [-0.1, -0.05) is 23.8 Å². The third kappa shape index (κ3) is 6.60. The van der Waals surface area contributed by atoms with E-state index >= 15 is 0 Å². The van der Waals surface area contributed by atoms with Gasteiger partial charge in [0.05, 0.1) is 25.4 Å². The van der Waals surface area contributed by atoms with Crippen LogP contribution in [0.1, 0.15) is 36.5 Å². The molecule has 3 rings (SSSR count). The number of hydrogen-bond donors (Lipinski definition) is 3. The second-order valence-corrected chi connectivity index (χ2v) is 8.19. The first kappa shape index (κ1) is 23.9. The molecule has 32 heavy (non-hydrogen) atoms. The highest BCUT2D eigenvalue weighted by molar-refractivity contribution is 5.79. The van der Waals surface area contributed by atoms with Gasteiger partial charge in [-0.25, -0.2) is 9.38 Å². The Labute approximate surface area is 190 Å². The molecule has 2 aromatic carbocycles. The number of methoxy groups -OCH3 is 1. The van der Waals surface area contributed by atoms with E-state index in [4.69, 9.17) is 4.74 Å². The zero-order chi connectivity index (χ0) is 22.9. The van der Waals surface area contributed by atoms with E-state index in [2.05, 4.69) is 28.6 Å². The number of benzene rings is 2. The van der Waals surface area contributed by atoms with Crippen LogP contribution >= 0.6 is 0 Å². The topological polar surface area (TPSA) is 69.1 Å². The number of ether oxygens (including phenoxy) is 1. The number of guanidine groups is 1. The molecule has 1 saturated heterocycles. The molecule has 174 valence electrons. The second-order valence-electron chi connectivity index (χ2n) is 8.19. The number of nitrogens with zero attached hydrogens (tertiary/aromatic N) is 2. The summed E-state index contributed by atoms with van der Waals surface area (Å²) in [6, 6.07) is 11.5. The fourth-order valence-corrected chi connectivity index (χ4v) is 3.94. The third-order valence-electron chi connectivity index (χ3n) is 5.70. The summed E-state index contributed by atoms with van der Waals surface area (Å²) in [4.78, 5) is 6.62. The molecule has 0 amide bonds. The van der Waals surface area contributed by atoms with Crippen molar-refractivity contribution in [2.24, 2.45) is 4.99 Å². The molecular weight excluding hydrogens is 407 g/mol. The van der Waals surface area contributed by atoms with E-state index < -0.39 is 0 Å². The second kappa shape index (κ2) is 11.7. The summed E-state index contributed by atoms with van der Waals surface area (Å²) < 4.78 is 20.2. The molecule has 0 radical (unpaired) electrons. The smallest absolute Gasteiger partial charge is 0.191 e. The lowest BCUT2D eigenvalue weighted by atomic mass is 10.1. The molecule has 2 aromatic rings. The van der Waals surface area contributed by atoms with Crippen LogP contribution in [-0.4, -0.2) is 50.5 Å². The zero-order valence-corrected chi connectivity index (χ0v) is 19.3. The molecule has 0 aliphatic carbocycles. The molecule has 1 fully saturated rings. The molecular formula is C25H35FN4O2. The number of hydrogen-bond acceptors (Lipinski definition) is 4. The van der Waals surface area contributed by atoms with Gasteiger partial charge in [0.25, 0.3) is 0 Å². The first-order valence-electron chi connectivity index (χ1n) is 11.4. The number of aliphatic hydroxyl groups excluding tert-OH is 1. The maximum atomic E-state index is 14.7. The van der Waals surface area contributed by atoms with E-state index in [1.54, 1.807) is 13.2 Å². The maximum Gasteiger partial charge on any atom is 0.191 e. The van der Waals surface area contributed by atoms with Gasteiger partial charge in [0.15, 0.2) is 5.96 Å². The summed E-state index contributed by atoms with van der Waals surface area (Å²) in [5.74, 6) is 1.35. The zero-order valence-electron chi connectivity index (χ0n) is 19.3. The van der Waals surface area contributed by atoms with Crippen molar-refractivity contribution in [2.75, 3.05) is 38.2 Å². The molecule has 0 saturated carbocycles. The van der Waals surface area contributed by atoms with Crippen LogP contribution in [0.15, 0.2) is 41.4 Å². The van der Waals surface area contributed by atoms with Crippen molar-refractivity contribution >= 4 is 11.6 Å². The summed E-state index contributed by atoms with van der Waals surface area (Å²) in [6.45, 7) is 7.28. The van der Waals surface area contributed by atoms with E-state index in [-0.39, 0.29) is 11.9 Å². The largest absolute Gasteiger partial charge is 0.496 e. The van der Waals surface area contributed by atoms with Gasteiger partial charge in [-0.15, -0.1) is 0 Å². The lowest BCUT2D eigenvalue weighted by Crippen LogP contribution is -2.38. The maximum absolute atomic E-state index is 14.7. The molecule has 0 aromatic heterocycles. The Morgan fingerprint density at radius 2 is 1.97 bits per heavy atom. The average molecular weight is 443 g/mol. The summed E-state index contributed by atoms with van der Waals surface area (Å²) in [5, 5.41) is 16.3. The number of aliphatic hydroxyl groups is 1.